The van der Waals surface area contributed by atoms with Crippen LogP contribution in [-0.2, 0) is 4.74 Å². The first-order valence-electron chi connectivity index (χ1n) is 4.83. The summed E-state index contributed by atoms with van der Waals surface area (Å²) in [6.07, 6.45) is -0.534. The van der Waals surface area contributed by atoms with Crippen LogP contribution < -0.4 is 5.32 Å². The van der Waals surface area contributed by atoms with Gasteiger partial charge in [-0.1, -0.05) is 18.7 Å². The third kappa shape index (κ3) is 3.08. The summed E-state index contributed by atoms with van der Waals surface area (Å²) in [5, 5.41) is 2.32. The maximum absolute atomic E-state index is 13.2. The Morgan fingerprint density at radius 2 is 2.25 bits per heavy atom. The van der Waals surface area contributed by atoms with E-state index in [0.717, 1.165) is 0 Å². The number of amides is 1. The quantitative estimate of drug-likeness (QED) is 0.855. The summed E-state index contributed by atoms with van der Waals surface area (Å²) in [5.74, 6) is -0.293. The number of carbonyl (C=O) groups is 1. The van der Waals surface area contributed by atoms with E-state index in [9.17, 15) is 9.18 Å². The van der Waals surface area contributed by atoms with Crippen molar-refractivity contribution in [1.82, 2.24) is 5.32 Å². The lowest BCUT2D eigenvalue weighted by molar-refractivity contribution is 0.162. The number of aryl methyl sites for hydroxylation is 1. The number of benzene rings is 1. The van der Waals surface area contributed by atoms with Crippen molar-refractivity contribution in [3.63, 3.8) is 0 Å². The molecule has 0 fully saturated rings. The molecule has 0 aliphatic heterocycles. The zero-order valence-corrected chi connectivity index (χ0v) is 9.34. The third-order valence-corrected chi connectivity index (χ3v) is 2.16. The molecule has 86 valence electrons. The van der Waals surface area contributed by atoms with Gasteiger partial charge in [-0.15, -0.1) is 0 Å². The Labute approximate surface area is 93.9 Å². The number of halogens is 1. The highest BCUT2D eigenvalue weighted by Gasteiger charge is 2.05. The summed E-state index contributed by atoms with van der Waals surface area (Å²) in [6.45, 7) is 5.46. The molecule has 3 nitrogen and oxygen atoms in total. The minimum atomic E-state index is -0.534. The van der Waals surface area contributed by atoms with Crippen LogP contribution >= 0.6 is 0 Å². The van der Waals surface area contributed by atoms with E-state index < -0.39 is 6.09 Å². The van der Waals surface area contributed by atoms with E-state index in [2.05, 4.69) is 11.9 Å². The van der Waals surface area contributed by atoms with Gasteiger partial charge < -0.3 is 10.1 Å². The number of alkyl carbamates (subject to hydrolysis) is 1. The average molecular weight is 223 g/mol. The first-order chi connectivity index (χ1) is 7.54. The molecule has 0 unspecified atom stereocenters. The highest BCUT2D eigenvalue weighted by molar-refractivity contribution is 5.70. The van der Waals surface area contributed by atoms with E-state index in [1.807, 2.05) is 0 Å². The fourth-order valence-corrected chi connectivity index (χ4v) is 1.12. The predicted molar refractivity (Wildman–Crippen MR) is 60.6 cm³/mol. The summed E-state index contributed by atoms with van der Waals surface area (Å²) < 4.78 is 18.0. The molecule has 0 radical (unpaired) electrons. The molecule has 0 aliphatic rings. The lowest BCUT2D eigenvalue weighted by atomic mass is 10.1. The smallest absolute Gasteiger partial charge is 0.407 e. The van der Waals surface area contributed by atoms with Crippen molar-refractivity contribution in [3.8, 4) is 0 Å². The Morgan fingerprint density at radius 1 is 1.56 bits per heavy atom. The second-order valence-electron chi connectivity index (χ2n) is 3.39. The third-order valence-electron chi connectivity index (χ3n) is 2.16. The van der Waals surface area contributed by atoms with Crippen molar-refractivity contribution >= 4 is 11.7 Å². The zero-order valence-electron chi connectivity index (χ0n) is 9.34. The molecule has 0 heterocycles. The number of carbonyl (C=O) groups excluding carboxylic acids is 1. The number of nitrogens with one attached hydrogen (secondary N) is 1. The van der Waals surface area contributed by atoms with E-state index in [4.69, 9.17) is 4.74 Å². The van der Waals surface area contributed by atoms with Gasteiger partial charge in [-0.2, -0.15) is 0 Å². The van der Waals surface area contributed by atoms with Crippen LogP contribution in [0.2, 0.25) is 0 Å². The molecule has 1 aromatic carbocycles. The highest BCUT2D eigenvalue weighted by atomic mass is 19.1. The SMILES string of the molecule is C=C(COC(=O)NC)c1ccc(C)c(F)c1. The van der Waals surface area contributed by atoms with Gasteiger partial charge in [0.05, 0.1) is 0 Å². The normalized spacial score (nSPS) is 9.69. The van der Waals surface area contributed by atoms with Crippen LogP contribution in [0.15, 0.2) is 24.8 Å². The molecule has 0 spiro atoms. The largest absolute Gasteiger partial charge is 0.445 e. The Balaban J connectivity index is 2.66. The van der Waals surface area contributed by atoms with Gasteiger partial charge in [0.15, 0.2) is 0 Å². The fourth-order valence-electron chi connectivity index (χ4n) is 1.12. The van der Waals surface area contributed by atoms with Crippen LogP contribution in [0.25, 0.3) is 5.57 Å². The Kier molecular flexibility index (Phi) is 4.05. The van der Waals surface area contributed by atoms with Crippen molar-refractivity contribution in [2.45, 2.75) is 6.92 Å². The van der Waals surface area contributed by atoms with E-state index in [1.54, 1.807) is 19.1 Å². The topological polar surface area (TPSA) is 38.3 Å². The Morgan fingerprint density at radius 3 is 2.81 bits per heavy atom. The molecular formula is C12H14FNO2. The predicted octanol–water partition coefficient (Wildman–Crippen LogP) is 2.50. The summed E-state index contributed by atoms with van der Waals surface area (Å²) in [5.41, 5.74) is 1.76. The molecule has 16 heavy (non-hydrogen) atoms. The summed E-state index contributed by atoms with van der Waals surface area (Å²) in [7, 11) is 1.47. The number of hydrogen-bond donors (Lipinski definition) is 1. The lowest BCUT2D eigenvalue weighted by Crippen LogP contribution is -2.19. The maximum atomic E-state index is 13.2. The number of hydrogen-bond acceptors (Lipinski definition) is 2. The first-order valence-corrected chi connectivity index (χ1v) is 4.83. The summed E-state index contributed by atoms with van der Waals surface area (Å²) in [4.78, 5) is 10.8. The van der Waals surface area contributed by atoms with E-state index in [1.165, 1.54) is 13.1 Å². The Hall–Kier alpha value is -1.84. The van der Waals surface area contributed by atoms with Gasteiger partial charge in [0.2, 0.25) is 0 Å². The molecular weight excluding hydrogens is 209 g/mol. The van der Waals surface area contributed by atoms with Gasteiger partial charge in [-0.3, -0.25) is 0 Å². The van der Waals surface area contributed by atoms with Gasteiger partial charge in [0.1, 0.15) is 12.4 Å². The van der Waals surface area contributed by atoms with Crippen LogP contribution in [-0.4, -0.2) is 19.7 Å². The standard InChI is InChI=1S/C12H14FNO2/c1-8-4-5-10(6-11(8)13)9(2)7-16-12(15)14-3/h4-6H,2,7H2,1,3H3,(H,14,15). The monoisotopic (exact) mass is 223 g/mol. The molecule has 0 atom stereocenters. The second-order valence-corrected chi connectivity index (χ2v) is 3.39. The van der Waals surface area contributed by atoms with Crippen molar-refractivity contribution in [2.24, 2.45) is 0 Å². The molecule has 4 heteroatoms. The second kappa shape index (κ2) is 5.30. The van der Waals surface area contributed by atoms with E-state index >= 15 is 0 Å². The number of ether oxygens (including phenoxy) is 1. The van der Waals surface area contributed by atoms with E-state index in [-0.39, 0.29) is 12.4 Å². The molecule has 1 N–H and O–H groups in total. The van der Waals surface area contributed by atoms with Crippen molar-refractivity contribution in [1.29, 1.82) is 0 Å². The fraction of sp³-hybridized carbons (Fsp3) is 0.250. The van der Waals surface area contributed by atoms with Crippen molar-refractivity contribution in [2.75, 3.05) is 13.7 Å². The molecule has 0 aliphatic carbocycles. The van der Waals surface area contributed by atoms with E-state index in [0.29, 0.717) is 16.7 Å². The lowest BCUT2D eigenvalue weighted by Gasteiger charge is -2.08. The highest BCUT2D eigenvalue weighted by Crippen LogP contribution is 2.16. The van der Waals surface area contributed by atoms with Crippen LogP contribution in [0.3, 0.4) is 0 Å². The minimum absolute atomic E-state index is 0.0438. The molecule has 0 saturated heterocycles. The molecule has 1 rings (SSSR count). The Bertz CT molecular complexity index is 415. The van der Waals surface area contributed by atoms with Gasteiger partial charge >= 0.3 is 6.09 Å². The summed E-state index contributed by atoms with van der Waals surface area (Å²) in [6, 6.07) is 4.79. The maximum Gasteiger partial charge on any atom is 0.407 e. The van der Waals surface area contributed by atoms with Crippen LogP contribution in [0, 0.1) is 12.7 Å². The van der Waals surface area contributed by atoms with Crippen molar-refractivity contribution in [3.05, 3.63) is 41.7 Å². The molecule has 0 aromatic heterocycles. The van der Waals surface area contributed by atoms with Crippen LogP contribution in [0.5, 0.6) is 0 Å². The van der Waals surface area contributed by atoms with Crippen LogP contribution in [0.1, 0.15) is 11.1 Å². The summed E-state index contributed by atoms with van der Waals surface area (Å²) >= 11 is 0. The van der Waals surface area contributed by atoms with Gasteiger partial charge in [0.25, 0.3) is 0 Å². The first kappa shape index (κ1) is 12.2. The van der Waals surface area contributed by atoms with Crippen LogP contribution in [0.4, 0.5) is 9.18 Å². The van der Waals surface area contributed by atoms with Gasteiger partial charge in [-0.25, -0.2) is 9.18 Å². The number of rotatable bonds is 3. The molecule has 1 amide bonds. The zero-order chi connectivity index (χ0) is 12.1. The van der Waals surface area contributed by atoms with Gasteiger partial charge in [-0.05, 0) is 29.7 Å². The average Bonchev–Trinajstić information content (AvgIpc) is 2.29. The molecule has 0 saturated carbocycles. The van der Waals surface area contributed by atoms with Gasteiger partial charge in [0, 0.05) is 7.05 Å². The molecule has 1 aromatic rings. The molecule has 0 bridgehead atoms. The minimum Gasteiger partial charge on any atom is -0.445 e. The van der Waals surface area contributed by atoms with Crippen molar-refractivity contribution < 1.29 is 13.9 Å².